The van der Waals surface area contributed by atoms with E-state index in [0.29, 0.717) is 62.3 Å². The Labute approximate surface area is 268 Å². The number of benzene rings is 2. The fourth-order valence-corrected chi connectivity index (χ4v) is 6.86. The zero-order chi connectivity index (χ0) is 32.2. The Morgan fingerprint density at radius 2 is 1.78 bits per heavy atom. The van der Waals surface area contributed by atoms with Gasteiger partial charge in [0.2, 0.25) is 5.91 Å². The summed E-state index contributed by atoms with van der Waals surface area (Å²) in [6.45, 7) is 6.03. The van der Waals surface area contributed by atoms with Gasteiger partial charge in [-0.15, -0.1) is 0 Å². The molecule has 10 heteroatoms. The average Bonchev–Trinajstić information content (AvgIpc) is 3.58. The van der Waals surface area contributed by atoms with Gasteiger partial charge in [0.25, 0.3) is 0 Å². The first-order valence-corrected chi connectivity index (χ1v) is 16.2. The zero-order valence-corrected chi connectivity index (χ0v) is 26.2. The summed E-state index contributed by atoms with van der Waals surface area (Å²) in [7, 11) is 0. The van der Waals surface area contributed by atoms with Crippen molar-refractivity contribution in [2.24, 2.45) is 11.8 Å². The van der Waals surface area contributed by atoms with Crippen molar-refractivity contribution in [1.82, 2.24) is 9.88 Å². The van der Waals surface area contributed by atoms with E-state index in [9.17, 15) is 19.1 Å². The van der Waals surface area contributed by atoms with Gasteiger partial charge in [-0.2, -0.15) is 0 Å². The Hall–Kier alpha value is -4.05. The van der Waals surface area contributed by atoms with Crippen molar-refractivity contribution in [2.45, 2.75) is 58.0 Å². The van der Waals surface area contributed by atoms with E-state index in [1.54, 1.807) is 18.2 Å². The van der Waals surface area contributed by atoms with E-state index < -0.39 is 23.5 Å². The van der Waals surface area contributed by atoms with E-state index in [4.69, 9.17) is 9.47 Å². The van der Waals surface area contributed by atoms with Gasteiger partial charge in [0, 0.05) is 69.3 Å². The number of carbonyl (C=O) groups excluding carboxylic acids is 2. The molecule has 3 aliphatic heterocycles. The van der Waals surface area contributed by atoms with Crippen LogP contribution in [0.15, 0.2) is 48.5 Å². The van der Waals surface area contributed by atoms with Gasteiger partial charge in [-0.25, -0.2) is 13.8 Å². The zero-order valence-electron chi connectivity index (χ0n) is 26.2. The number of ether oxygens (including phenoxy) is 2. The van der Waals surface area contributed by atoms with Crippen LogP contribution in [-0.2, 0) is 20.9 Å². The number of amides is 1. The fraction of sp³-hybridized carbons (Fsp3) is 0.472. The second-order valence-corrected chi connectivity index (χ2v) is 12.8. The summed E-state index contributed by atoms with van der Waals surface area (Å²) in [6.07, 6.45) is 4.25. The molecule has 1 amide bonds. The summed E-state index contributed by atoms with van der Waals surface area (Å²) in [6, 6.07) is 13.5. The molecule has 4 heterocycles. The van der Waals surface area contributed by atoms with Crippen LogP contribution in [0, 0.1) is 30.4 Å². The summed E-state index contributed by atoms with van der Waals surface area (Å²) in [5, 5.41) is 11.2. The van der Waals surface area contributed by atoms with Crippen molar-refractivity contribution in [1.29, 1.82) is 0 Å². The van der Waals surface area contributed by atoms with Gasteiger partial charge < -0.3 is 29.2 Å². The predicted molar refractivity (Wildman–Crippen MR) is 167 cm³/mol. The number of pyridine rings is 1. The van der Waals surface area contributed by atoms with Crippen molar-refractivity contribution >= 4 is 17.7 Å². The summed E-state index contributed by atoms with van der Waals surface area (Å²) < 4.78 is 41.1. The minimum atomic E-state index is -1.04. The number of hydrogen-bond donors (Lipinski definition) is 0. The lowest BCUT2D eigenvalue weighted by Crippen LogP contribution is -2.41. The van der Waals surface area contributed by atoms with E-state index in [0.717, 1.165) is 56.2 Å². The number of likely N-dealkylation sites (tertiary alicyclic amines) is 1. The molecule has 3 aromatic rings. The van der Waals surface area contributed by atoms with Crippen LogP contribution >= 0.6 is 0 Å². The number of aliphatic carboxylic acids is 1. The molecule has 1 atom stereocenters. The van der Waals surface area contributed by atoms with E-state index in [1.807, 2.05) is 22.8 Å². The minimum Gasteiger partial charge on any atom is -0.550 e. The highest BCUT2D eigenvalue weighted by Crippen LogP contribution is 2.36. The number of carboxylic acid groups (broad SMARTS) is 1. The molecule has 0 radical (unpaired) electrons. The highest BCUT2D eigenvalue weighted by atomic mass is 19.1. The molecule has 46 heavy (non-hydrogen) atoms. The number of carbonyl (C=O) groups is 2. The van der Waals surface area contributed by atoms with Gasteiger partial charge in [0.15, 0.2) is 11.6 Å². The molecule has 0 aliphatic carbocycles. The van der Waals surface area contributed by atoms with Crippen LogP contribution in [0.5, 0.6) is 5.75 Å². The molecule has 0 bridgehead atoms. The van der Waals surface area contributed by atoms with E-state index in [2.05, 4.69) is 17.1 Å². The summed E-state index contributed by atoms with van der Waals surface area (Å²) in [5.74, 6) is -1.61. The monoisotopic (exact) mass is 632 g/mol. The Bertz CT molecular complexity index is 1560. The standard InChI is InChI=1S/C36H41F2N3O5/c1-23-17-27(25-7-14-41(15-8-25)34(42)18-24-11-16-45-21-24)5-6-28(23)22-46-35-30(19-29(37)20-31(35)38)32-3-2-4-33(39-32)40-12-9-26(10-13-40)36(43)44/h2-6,17,19-20,24-26H,7-16,18,21-22H2,1H3,(H,43,44)/p-1. The van der Waals surface area contributed by atoms with Crippen molar-refractivity contribution < 1.29 is 33.0 Å². The van der Waals surface area contributed by atoms with Crippen LogP contribution in [0.2, 0.25) is 0 Å². The Balaban J connectivity index is 1.11. The lowest BCUT2D eigenvalue weighted by atomic mass is 9.87. The maximum absolute atomic E-state index is 15.2. The van der Waals surface area contributed by atoms with Crippen LogP contribution in [0.1, 0.15) is 61.1 Å². The number of nitrogens with zero attached hydrogens (tertiary/aromatic N) is 3. The first-order valence-electron chi connectivity index (χ1n) is 16.2. The average molecular weight is 633 g/mol. The third-order valence-corrected chi connectivity index (χ3v) is 9.72. The summed E-state index contributed by atoms with van der Waals surface area (Å²) >= 11 is 0. The molecule has 2 aromatic carbocycles. The summed E-state index contributed by atoms with van der Waals surface area (Å²) in [5.41, 5.74) is 3.70. The largest absolute Gasteiger partial charge is 0.550 e. The van der Waals surface area contributed by atoms with Gasteiger partial charge in [-0.3, -0.25) is 4.79 Å². The number of aromatic nitrogens is 1. The molecule has 244 valence electrons. The second-order valence-electron chi connectivity index (χ2n) is 12.8. The van der Waals surface area contributed by atoms with Crippen molar-refractivity contribution in [3.63, 3.8) is 0 Å². The third-order valence-electron chi connectivity index (χ3n) is 9.72. The number of halogens is 2. The quantitative estimate of drug-likeness (QED) is 0.327. The molecule has 3 saturated heterocycles. The number of aryl methyl sites for hydroxylation is 1. The van der Waals surface area contributed by atoms with Gasteiger partial charge >= 0.3 is 0 Å². The highest BCUT2D eigenvalue weighted by Gasteiger charge is 2.27. The van der Waals surface area contributed by atoms with Crippen molar-refractivity contribution in [3.8, 4) is 17.0 Å². The van der Waals surface area contributed by atoms with Crippen LogP contribution in [0.3, 0.4) is 0 Å². The maximum atomic E-state index is 15.2. The lowest BCUT2D eigenvalue weighted by molar-refractivity contribution is -0.312. The van der Waals surface area contributed by atoms with Gasteiger partial charge in [-0.1, -0.05) is 24.3 Å². The SMILES string of the molecule is Cc1cc(C2CCN(C(=O)CC3CCOC3)CC2)ccc1COc1c(F)cc(F)cc1-c1cccc(N2CCC(C(=O)[O-])CC2)n1. The van der Waals surface area contributed by atoms with Crippen LogP contribution in [0.25, 0.3) is 11.3 Å². The maximum Gasteiger partial charge on any atom is 0.222 e. The molecule has 3 fully saturated rings. The Kier molecular flexibility index (Phi) is 9.82. The fourth-order valence-electron chi connectivity index (χ4n) is 6.86. The van der Waals surface area contributed by atoms with Crippen LogP contribution in [0.4, 0.5) is 14.6 Å². The molecule has 0 spiro atoms. The molecule has 1 unspecified atom stereocenters. The van der Waals surface area contributed by atoms with Gasteiger partial charge in [0.05, 0.1) is 5.69 Å². The normalized spacial score (nSPS) is 19.4. The highest BCUT2D eigenvalue weighted by molar-refractivity contribution is 5.76. The first kappa shape index (κ1) is 31.9. The van der Waals surface area contributed by atoms with E-state index >= 15 is 4.39 Å². The number of piperidine rings is 2. The molecule has 6 rings (SSSR count). The minimum absolute atomic E-state index is 0.0774. The molecule has 8 nitrogen and oxygen atoms in total. The Morgan fingerprint density at radius 1 is 1.00 bits per heavy atom. The van der Waals surface area contributed by atoms with E-state index in [1.165, 1.54) is 11.6 Å². The van der Waals surface area contributed by atoms with Crippen LogP contribution < -0.4 is 14.7 Å². The van der Waals surface area contributed by atoms with Crippen molar-refractivity contribution in [2.75, 3.05) is 44.3 Å². The topological polar surface area (TPSA) is 95.0 Å². The van der Waals surface area contributed by atoms with Crippen LogP contribution in [-0.4, -0.2) is 61.2 Å². The van der Waals surface area contributed by atoms with Crippen molar-refractivity contribution in [3.05, 3.63) is 76.9 Å². The molecule has 0 N–H and O–H groups in total. The molecule has 3 aliphatic rings. The smallest absolute Gasteiger partial charge is 0.222 e. The number of hydrogen-bond acceptors (Lipinski definition) is 7. The first-order chi connectivity index (χ1) is 22.2. The predicted octanol–water partition coefficient (Wildman–Crippen LogP) is 5.01. The molecule has 0 saturated carbocycles. The third kappa shape index (κ3) is 7.33. The van der Waals surface area contributed by atoms with Gasteiger partial charge in [0.1, 0.15) is 18.2 Å². The number of rotatable bonds is 9. The number of carboxylic acids is 1. The summed E-state index contributed by atoms with van der Waals surface area (Å²) in [4.78, 5) is 32.6. The molecule has 1 aromatic heterocycles. The molecular weight excluding hydrogens is 592 g/mol. The second kappa shape index (κ2) is 14.2. The number of anilines is 1. The van der Waals surface area contributed by atoms with Gasteiger partial charge in [-0.05, 0) is 85.8 Å². The Morgan fingerprint density at radius 3 is 2.48 bits per heavy atom. The van der Waals surface area contributed by atoms with E-state index in [-0.39, 0.29) is 23.8 Å². The lowest BCUT2D eigenvalue weighted by Gasteiger charge is -2.33. The molecular formula is C36H40F2N3O5-.